The lowest BCUT2D eigenvalue weighted by Crippen LogP contribution is -2.44. The van der Waals surface area contributed by atoms with Gasteiger partial charge in [-0.15, -0.1) is 0 Å². The standard InChI is InChI=1S/C14H22N4O/c15-14-2-1-12(9-16-14)10-17-4-3-13(11-17)18-5-7-19-8-6-18/h1-2,9,13H,3-8,10-11H2,(H2,15,16). The average Bonchev–Trinajstić information content (AvgIpc) is 2.91. The zero-order chi connectivity index (χ0) is 13.1. The average molecular weight is 262 g/mol. The molecular weight excluding hydrogens is 240 g/mol. The maximum Gasteiger partial charge on any atom is 0.123 e. The van der Waals surface area contributed by atoms with E-state index in [1.807, 2.05) is 12.3 Å². The van der Waals surface area contributed by atoms with Gasteiger partial charge in [0, 0.05) is 45.0 Å². The fraction of sp³-hybridized carbons (Fsp3) is 0.643. The number of nitrogens with two attached hydrogens (primary N) is 1. The summed E-state index contributed by atoms with van der Waals surface area (Å²) in [5.74, 6) is 0.594. The highest BCUT2D eigenvalue weighted by molar-refractivity contribution is 5.29. The number of likely N-dealkylation sites (tertiary alicyclic amines) is 1. The molecule has 0 amide bonds. The first-order valence-electron chi connectivity index (χ1n) is 7.06. The molecule has 2 fully saturated rings. The second kappa shape index (κ2) is 5.86. The van der Waals surface area contributed by atoms with Gasteiger partial charge in [0.2, 0.25) is 0 Å². The largest absolute Gasteiger partial charge is 0.384 e. The van der Waals surface area contributed by atoms with E-state index in [4.69, 9.17) is 10.5 Å². The molecule has 3 heterocycles. The minimum Gasteiger partial charge on any atom is -0.384 e. The highest BCUT2D eigenvalue weighted by atomic mass is 16.5. The Bertz CT molecular complexity index is 402. The Morgan fingerprint density at radius 3 is 2.84 bits per heavy atom. The molecule has 5 nitrogen and oxygen atoms in total. The fourth-order valence-electron chi connectivity index (χ4n) is 2.98. The number of ether oxygens (including phenoxy) is 1. The van der Waals surface area contributed by atoms with Gasteiger partial charge >= 0.3 is 0 Å². The van der Waals surface area contributed by atoms with Crippen molar-refractivity contribution in [3.05, 3.63) is 23.9 Å². The van der Waals surface area contributed by atoms with E-state index in [2.05, 4.69) is 20.9 Å². The predicted molar refractivity (Wildman–Crippen MR) is 74.7 cm³/mol. The van der Waals surface area contributed by atoms with E-state index in [-0.39, 0.29) is 0 Å². The lowest BCUT2D eigenvalue weighted by atomic mass is 10.2. The van der Waals surface area contributed by atoms with Crippen LogP contribution in [0, 0.1) is 0 Å². The van der Waals surface area contributed by atoms with Crippen LogP contribution in [0.2, 0.25) is 0 Å². The third-order valence-electron chi connectivity index (χ3n) is 4.06. The first-order chi connectivity index (χ1) is 9.31. The second-order valence-corrected chi connectivity index (χ2v) is 5.42. The van der Waals surface area contributed by atoms with Crippen LogP contribution in [0.5, 0.6) is 0 Å². The van der Waals surface area contributed by atoms with Crippen LogP contribution in [0.4, 0.5) is 5.82 Å². The third kappa shape index (κ3) is 3.23. The van der Waals surface area contributed by atoms with Crippen molar-refractivity contribution >= 4 is 5.82 Å². The smallest absolute Gasteiger partial charge is 0.123 e. The van der Waals surface area contributed by atoms with Crippen molar-refractivity contribution in [3.63, 3.8) is 0 Å². The number of rotatable bonds is 3. The van der Waals surface area contributed by atoms with Crippen molar-refractivity contribution in [2.45, 2.75) is 19.0 Å². The quantitative estimate of drug-likeness (QED) is 0.863. The van der Waals surface area contributed by atoms with Crippen molar-refractivity contribution in [3.8, 4) is 0 Å². The molecule has 104 valence electrons. The van der Waals surface area contributed by atoms with Gasteiger partial charge in [0.05, 0.1) is 13.2 Å². The zero-order valence-electron chi connectivity index (χ0n) is 11.3. The normalized spacial score (nSPS) is 25.8. The summed E-state index contributed by atoms with van der Waals surface area (Å²) in [7, 11) is 0. The molecule has 1 atom stereocenters. The molecule has 2 aliphatic heterocycles. The Morgan fingerprint density at radius 2 is 2.11 bits per heavy atom. The van der Waals surface area contributed by atoms with Crippen LogP contribution < -0.4 is 5.73 Å². The fourth-order valence-corrected chi connectivity index (χ4v) is 2.98. The number of aromatic nitrogens is 1. The summed E-state index contributed by atoms with van der Waals surface area (Å²) in [6.45, 7) is 7.26. The molecule has 3 rings (SSSR count). The van der Waals surface area contributed by atoms with Crippen LogP contribution in [0.1, 0.15) is 12.0 Å². The number of pyridine rings is 1. The van der Waals surface area contributed by atoms with Crippen LogP contribution in [0.25, 0.3) is 0 Å². The Morgan fingerprint density at radius 1 is 1.26 bits per heavy atom. The molecule has 1 aromatic heterocycles. The van der Waals surface area contributed by atoms with E-state index >= 15 is 0 Å². The molecule has 2 saturated heterocycles. The number of nitrogens with zero attached hydrogens (tertiary/aromatic N) is 3. The van der Waals surface area contributed by atoms with Crippen molar-refractivity contribution in [2.75, 3.05) is 45.1 Å². The number of morpholine rings is 1. The van der Waals surface area contributed by atoms with Gasteiger partial charge < -0.3 is 10.5 Å². The molecule has 0 saturated carbocycles. The van der Waals surface area contributed by atoms with Crippen LogP contribution in [0.15, 0.2) is 18.3 Å². The summed E-state index contributed by atoms with van der Waals surface area (Å²) in [6.07, 6.45) is 3.15. The van der Waals surface area contributed by atoms with Gasteiger partial charge in [-0.05, 0) is 18.1 Å². The maximum absolute atomic E-state index is 5.61. The first-order valence-corrected chi connectivity index (χ1v) is 7.06. The summed E-state index contributed by atoms with van der Waals surface area (Å²) in [5.41, 5.74) is 6.86. The topological polar surface area (TPSA) is 54.6 Å². The second-order valence-electron chi connectivity index (χ2n) is 5.42. The van der Waals surface area contributed by atoms with E-state index in [0.29, 0.717) is 11.9 Å². The molecule has 0 aliphatic carbocycles. The highest BCUT2D eigenvalue weighted by Crippen LogP contribution is 2.19. The van der Waals surface area contributed by atoms with Gasteiger partial charge in [0.25, 0.3) is 0 Å². The van der Waals surface area contributed by atoms with Gasteiger partial charge in [-0.3, -0.25) is 9.80 Å². The molecule has 0 radical (unpaired) electrons. The van der Waals surface area contributed by atoms with Gasteiger partial charge in [-0.1, -0.05) is 6.07 Å². The molecule has 0 aromatic carbocycles. The van der Waals surface area contributed by atoms with E-state index in [0.717, 1.165) is 39.4 Å². The molecule has 5 heteroatoms. The van der Waals surface area contributed by atoms with Gasteiger partial charge in [0.1, 0.15) is 5.82 Å². The number of nitrogen functional groups attached to an aromatic ring is 1. The summed E-state index contributed by atoms with van der Waals surface area (Å²) < 4.78 is 5.42. The number of hydrogen-bond acceptors (Lipinski definition) is 5. The van der Waals surface area contributed by atoms with Crippen molar-refractivity contribution in [1.29, 1.82) is 0 Å². The van der Waals surface area contributed by atoms with Gasteiger partial charge in [-0.25, -0.2) is 4.98 Å². The Labute approximate surface area is 114 Å². The Balaban J connectivity index is 1.52. The van der Waals surface area contributed by atoms with Gasteiger partial charge in [-0.2, -0.15) is 0 Å². The first kappa shape index (κ1) is 12.8. The number of anilines is 1. The molecule has 2 N–H and O–H groups in total. The van der Waals surface area contributed by atoms with E-state index in [9.17, 15) is 0 Å². The predicted octanol–water partition coefficient (Wildman–Crippen LogP) is 0.570. The van der Waals surface area contributed by atoms with Crippen LogP contribution >= 0.6 is 0 Å². The number of hydrogen-bond donors (Lipinski definition) is 1. The Hall–Kier alpha value is -1.17. The highest BCUT2D eigenvalue weighted by Gasteiger charge is 2.28. The van der Waals surface area contributed by atoms with Crippen LogP contribution in [-0.2, 0) is 11.3 Å². The summed E-state index contributed by atoms with van der Waals surface area (Å²) in [4.78, 5) is 9.24. The lowest BCUT2D eigenvalue weighted by molar-refractivity contribution is 0.0184. The Kier molecular flexibility index (Phi) is 3.96. The van der Waals surface area contributed by atoms with E-state index in [1.165, 1.54) is 18.5 Å². The molecule has 1 unspecified atom stereocenters. The molecule has 0 bridgehead atoms. The molecule has 19 heavy (non-hydrogen) atoms. The van der Waals surface area contributed by atoms with Crippen molar-refractivity contribution in [1.82, 2.24) is 14.8 Å². The van der Waals surface area contributed by atoms with Crippen LogP contribution in [0.3, 0.4) is 0 Å². The molecule has 0 spiro atoms. The molecular formula is C14H22N4O. The minimum atomic E-state index is 0.594. The minimum absolute atomic E-state index is 0.594. The molecule has 1 aromatic rings. The van der Waals surface area contributed by atoms with Crippen molar-refractivity contribution in [2.24, 2.45) is 0 Å². The maximum atomic E-state index is 5.61. The summed E-state index contributed by atoms with van der Waals surface area (Å²) >= 11 is 0. The lowest BCUT2D eigenvalue weighted by Gasteiger charge is -2.32. The van der Waals surface area contributed by atoms with E-state index in [1.54, 1.807) is 0 Å². The van der Waals surface area contributed by atoms with Crippen molar-refractivity contribution < 1.29 is 4.74 Å². The SMILES string of the molecule is Nc1ccc(CN2CCC(N3CCOCC3)C2)cn1. The third-order valence-corrected chi connectivity index (χ3v) is 4.06. The monoisotopic (exact) mass is 262 g/mol. The zero-order valence-corrected chi connectivity index (χ0v) is 11.3. The summed E-state index contributed by atoms with van der Waals surface area (Å²) in [5, 5.41) is 0. The van der Waals surface area contributed by atoms with Gasteiger partial charge in [0.15, 0.2) is 0 Å². The van der Waals surface area contributed by atoms with E-state index < -0.39 is 0 Å². The summed E-state index contributed by atoms with van der Waals surface area (Å²) in [6, 6.07) is 4.65. The van der Waals surface area contributed by atoms with Crippen LogP contribution in [-0.4, -0.2) is 60.2 Å². The molecule has 2 aliphatic rings.